The zero-order chi connectivity index (χ0) is 8.77. The molecule has 12 heavy (non-hydrogen) atoms. The van der Waals surface area contributed by atoms with Crippen LogP contribution in [0.1, 0.15) is 25.0 Å². The summed E-state index contributed by atoms with van der Waals surface area (Å²) < 4.78 is 0. The molecule has 0 N–H and O–H groups in total. The van der Waals surface area contributed by atoms with Gasteiger partial charge in [-0.2, -0.15) is 0 Å². The topological polar surface area (TPSA) is 16.1 Å². The summed E-state index contributed by atoms with van der Waals surface area (Å²) in [5.74, 6) is 0. The Morgan fingerprint density at radius 3 is 2.92 bits per heavy atom. The van der Waals surface area contributed by atoms with Crippen LogP contribution in [0.25, 0.3) is 0 Å². The molecule has 64 valence electrons. The van der Waals surface area contributed by atoms with Crippen LogP contribution in [0.4, 0.5) is 0 Å². The summed E-state index contributed by atoms with van der Waals surface area (Å²) >= 11 is 0. The SMILES string of the molecule is CN1Cc2ccncc2C1(C)C. The maximum absolute atomic E-state index is 4.16. The summed E-state index contributed by atoms with van der Waals surface area (Å²) in [6.07, 6.45) is 3.85. The zero-order valence-electron chi connectivity index (χ0n) is 7.83. The number of fused-ring (bicyclic) bond motifs is 1. The molecule has 0 saturated heterocycles. The quantitative estimate of drug-likeness (QED) is 0.578. The molecule has 0 saturated carbocycles. The van der Waals surface area contributed by atoms with Crippen molar-refractivity contribution < 1.29 is 0 Å². The van der Waals surface area contributed by atoms with Crippen LogP contribution >= 0.6 is 0 Å². The van der Waals surface area contributed by atoms with E-state index in [1.165, 1.54) is 11.1 Å². The Morgan fingerprint density at radius 2 is 2.25 bits per heavy atom. The minimum Gasteiger partial charge on any atom is -0.293 e. The van der Waals surface area contributed by atoms with Crippen LogP contribution in [0.15, 0.2) is 18.5 Å². The second kappa shape index (κ2) is 2.30. The second-order valence-corrected chi connectivity index (χ2v) is 3.95. The lowest BCUT2D eigenvalue weighted by Gasteiger charge is -2.28. The van der Waals surface area contributed by atoms with Gasteiger partial charge in [-0.3, -0.25) is 9.88 Å². The number of nitrogens with zero attached hydrogens (tertiary/aromatic N) is 2. The van der Waals surface area contributed by atoms with Crippen molar-refractivity contribution in [3.8, 4) is 0 Å². The third kappa shape index (κ3) is 0.879. The molecule has 1 aromatic rings. The monoisotopic (exact) mass is 162 g/mol. The van der Waals surface area contributed by atoms with E-state index < -0.39 is 0 Å². The lowest BCUT2D eigenvalue weighted by atomic mass is 9.96. The summed E-state index contributed by atoms with van der Waals surface area (Å²) in [7, 11) is 2.15. The summed E-state index contributed by atoms with van der Waals surface area (Å²) in [6, 6.07) is 2.11. The van der Waals surface area contributed by atoms with Crippen molar-refractivity contribution in [3.05, 3.63) is 29.6 Å². The maximum Gasteiger partial charge on any atom is 0.0423 e. The molecule has 0 atom stereocenters. The van der Waals surface area contributed by atoms with Gasteiger partial charge in [0.1, 0.15) is 0 Å². The Morgan fingerprint density at radius 1 is 1.50 bits per heavy atom. The first kappa shape index (κ1) is 7.74. The normalized spacial score (nSPS) is 20.9. The van der Waals surface area contributed by atoms with E-state index in [0.29, 0.717) is 0 Å². The number of aromatic nitrogens is 1. The van der Waals surface area contributed by atoms with Crippen molar-refractivity contribution >= 4 is 0 Å². The highest BCUT2D eigenvalue weighted by Crippen LogP contribution is 2.36. The molecule has 1 aromatic heterocycles. The summed E-state index contributed by atoms with van der Waals surface area (Å²) in [6.45, 7) is 5.52. The van der Waals surface area contributed by atoms with Gasteiger partial charge < -0.3 is 0 Å². The van der Waals surface area contributed by atoms with Crippen LogP contribution < -0.4 is 0 Å². The lowest BCUT2D eigenvalue weighted by Crippen LogP contribution is -2.31. The Bertz CT molecular complexity index is 304. The van der Waals surface area contributed by atoms with Crippen molar-refractivity contribution in [2.75, 3.05) is 7.05 Å². The molecule has 2 rings (SSSR count). The Balaban J connectivity index is 2.55. The second-order valence-electron chi connectivity index (χ2n) is 3.95. The lowest BCUT2D eigenvalue weighted by molar-refractivity contribution is 0.178. The number of hydrogen-bond donors (Lipinski definition) is 0. The van der Waals surface area contributed by atoms with Crippen LogP contribution in [0.3, 0.4) is 0 Å². The predicted octanol–water partition coefficient (Wildman–Crippen LogP) is 1.76. The van der Waals surface area contributed by atoms with Crippen LogP contribution in [0.5, 0.6) is 0 Å². The average molecular weight is 162 g/mol. The van der Waals surface area contributed by atoms with Crippen LogP contribution in [0.2, 0.25) is 0 Å². The van der Waals surface area contributed by atoms with Crippen molar-refractivity contribution in [3.63, 3.8) is 0 Å². The van der Waals surface area contributed by atoms with Crippen molar-refractivity contribution in [2.24, 2.45) is 0 Å². The highest BCUT2D eigenvalue weighted by atomic mass is 15.2. The molecule has 2 heterocycles. The smallest absolute Gasteiger partial charge is 0.0423 e. The molecule has 0 fully saturated rings. The highest BCUT2D eigenvalue weighted by molar-refractivity contribution is 5.34. The molecule has 0 unspecified atom stereocenters. The van der Waals surface area contributed by atoms with E-state index in [-0.39, 0.29) is 5.54 Å². The molecule has 1 aliphatic rings. The van der Waals surface area contributed by atoms with Crippen molar-refractivity contribution in [2.45, 2.75) is 25.9 Å². The van der Waals surface area contributed by atoms with Gasteiger partial charge in [0, 0.05) is 24.5 Å². The number of hydrogen-bond acceptors (Lipinski definition) is 2. The molecule has 0 aliphatic carbocycles. The maximum atomic E-state index is 4.16. The van der Waals surface area contributed by atoms with Gasteiger partial charge in [0.25, 0.3) is 0 Å². The van der Waals surface area contributed by atoms with Gasteiger partial charge in [-0.25, -0.2) is 0 Å². The van der Waals surface area contributed by atoms with Crippen LogP contribution in [-0.2, 0) is 12.1 Å². The first-order valence-corrected chi connectivity index (χ1v) is 4.27. The van der Waals surface area contributed by atoms with Gasteiger partial charge in [-0.15, -0.1) is 0 Å². The fraction of sp³-hybridized carbons (Fsp3) is 0.500. The van der Waals surface area contributed by atoms with Gasteiger partial charge in [0.15, 0.2) is 0 Å². The fourth-order valence-electron chi connectivity index (χ4n) is 1.77. The molecule has 0 aromatic carbocycles. The molecule has 2 nitrogen and oxygen atoms in total. The molecule has 2 heteroatoms. The minimum atomic E-state index is 0.156. The van der Waals surface area contributed by atoms with Gasteiger partial charge in [0.2, 0.25) is 0 Å². The zero-order valence-corrected chi connectivity index (χ0v) is 7.83. The van der Waals surface area contributed by atoms with Crippen LogP contribution in [-0.4, -0.2) is 16.9 Å². The van der Waals surface area contributed by atoms with Crippen molar-refractivity contribution in [1.82, 2.24) is 9.88 Å². The molecule has 0 radical (unpaired) electrons. The third-order valence-electron chi connectivity index (χ3n) is 2.93. The molecular weight excluding hydrogens is 148 g/mol. The van der Waals surface area contributed by atoms with Crippen molar-refractivity contribution in [1.29, 1.82) is 0 Å². The Labute approximate surface area is 73.2 Å². The van der Waals surface area contributed by atoms with Gasteiger partial charge in [-0.05, 0) is 38.1 Å². The average Bonchev–Trinajstić information content (AvgIpc) is 2.25. The van der Waals surface area contributed by atoms with Gasteiger partial charge in [0.05, 0.1) is 0 Å². The Hall–Kier alpha value is -0.890. The van der Waals surface area contributed by atoms with E-state index in [0.717, 1.165) is 6.54 Å². The van der Waals surface area contributed by atoms with E-state index in [4.69, 9.17) is 0 Å². The van der Waals surface area contributed by atoms with E-state index >= 15 is 0 Å². The number of rotatable bonds is 0. The molecule has 0 spiro atoms. The fourth-order valence-corrected chi connectivity index (χ4v) is 1.77. The third-order valence-corrected chi connectivity index (χ3v) is 2.93. The molecule has 0 bridgehead atoms. The van der Waals surface area contributed by atoms with E-state index in [9.17, 15) is 0 Å². The summed E-state index contributed by atoms with van der Waals surface area (Å²) in [5, 5.41) is 0. The standard InChI is InChI=1S/C10H14N2/c1-10(2)9-6-11-5-4-8(9)7-12(10)3/h4-6H,7H2,1-3H3. The van der Waals surface area contributed by atoms with Gasteiger partial charge in [-0.1, -0.05) is 0 Å². The van der Waals surface area contributed by atoms with E-state index in [1.54, 1.807) is 0 Å². The largest absolute Gasteiger partial charge is 0.293 e. The molecular formula is C10H14N2. The predicted molar refractivity (Wildman–Crippen MR) is 48.7 cm³/mol. The molecule has 1 aliphatic heterocycles. The molecule has 0 amide bonds. The van der Waals surface area contributed by atoms with E-state index in [1.807, 2.05) is 12.4 Å². The first-order valence-electron chi connectivity index (χ1n) is 4.27. The summed E-state index contributed by atoms with van der Waals surface area (Å²) in [5.41, 5.74) is 2.94. The number of pyridine rings is 1. The van der Waals surface area contributed by atoms with Gasteiger partial charge >= 0.3 is 0 Å². The minimum absolute atomic E-state index is 0.156. The Kier molecular flexibility index (Phi) is 1.48. The van der Waals surface area contributed by atoms with E-state index in [2.05, 4.69) is 36.8 Å². The summed E-state index contributed by atoms with van der Waals surface area (Å²) in [4.78, 5) is 6.51. The van der Waals surface area contributed by atoms with Crippen LogP contribution in [0, 0.1) is 0 Å². The first-order chi connectivity index (χ1) is 5.62. The highest BCUT2D eigenvalue weighted by Gasteiger charge is 2.34.